The predicted octanol–water partition coefficient (Wildman–Crippen LogP) is 3.09. The van der Waals surface area contributed by atoms with Gasteiger partial charge in [-0.1, -0.05) is 29.4 Å². The highest BCUT2D eigenvalue weighted by molar-refractivity contribution is 7.98. The van der Waals surface area contributed by atoms with Crippen molar-refractivity contribution in [3.05, 3.63) is 50.9 Å². The maximum absolute atomic E-state index is 12.7. The maximum atomic E-state index is 12.7. The van der Waals surface area contributed by atoms with Crippen LogP contribution in [0.1, 0.15) is 22.8 Å². The molecule has 2 aromatic rings. The summed E-state index contributed by atoms with van der Waals surface area (Å²) < 4.78 is 6.29. The number of hydrogen-bond acceptors (Lipinski definition) is 5. The molecule has 2 rings (SSSR count). The van der Waals surface area contributed by atoms with Gasteiger partial charge in [-0.15, -0.1) is 0 Å². The molecule has 0 unspecified atom stereocenters. The number of carbonyl (C=O) groups is 1. The molecular weight excluding hydrogens is 324 g/mol. The number of hydrogen-bond donors (Lipinski definition) is 0. The van der Waals surface area contributed by atoms with Gasteiger partial charge < -0.3 is 4.74 Å². The van der Waals surface area contributed by atoms with Gasteiger partial charge in [-0.05, 0) is 37.8 Å². The molecule has 0 fully saturated rings. The average molecular weight is 339 g/mol. The van der Waals surface area contributed by atoms with Crippen molar-refractivity contribution < 1.29 is 9.53 Å². The van der Waals surface area contributed by atoms with Gasteiger partial charge in [-0.25, -0.2) is 9.78 Å². The number of aromatic nitrogens is 2. The second kappa shape index (κ2) is 6.98. The first kappa shape index (κ1) is 16.6. The molecule has 0 spiro atoms. The third kappa shape index (κ3) is 3.18. The van der Waals surface area contributed by atoms with Gasteiger partial charge in [0.05, 0.1) is 18.5 Å². The third-order valence-electron chi connectivity index (χ3n) is 3.02. The van der Waals surface area contributed by atoms with Gasteiger partial charge in [0.1, 0.15) is 5.56 Å². The molecule has 0 aliphatic rings. The van der Waals surface area contributed by atoms with Crippen LogP contribution < -0.4 is 5.56 Å². The number of benzene rings is 1. The van der Waals surface area contributed by atoms with E-state index in [1.54, 1.807) is 19.1 Å². The van der Waals surface area contributed by atoms with Crippen molar-refractivity contribution in [2.45, 2.75) is 19.0 Å². The van der Waals surface area contributed by atoms with Crippen LogP contribution in [0, 0.1) is 6.92 Å². The summed E-state index contributed by atoms with van der Waals surface area (Å²) >= 11 is 7.34. The van der Waals surface area contributed by atoms with E-state index in [1.807, 2.05) is 19.2 Å². The van der Waals surface area contributed by atoms with Crippen molar-refractivity contribution in [1.82, 2.24) is 9.55 Å². The van der Waals surface area contributed by atoms with E-state index in [0.717, 1.165) is 5.56 Å². The van der Waals surface area contributed by atoms with Crippen molar-refractivity contribution in [2.75, 3.05) is 12.9 Å². The first-order valence-corrected chi connectivity index (χ1v) is 8.19. The summed E-state index contributed by atoms with van der Waals surface area (Å²) in [5, 5.41) is 0.976. The molecule has 0 aliphatic carbocycles. The Kier molecular flexibility index (Phi) is 5.26. The lowest BCUT2D eigenvalue weighted by atomic mass is 10.2. The fourth-order valence-electron chi connectivity index (χ4n) is 1.97. The van der Waals surface area contributed by atoms with E-state index in [4.69, 9.17) is 16.3 Å². The van der Waals surface area contributed by atoms with E-state index in [9.17, 15) is 9.59 Å². The summed E-state index contributed by atoms with van der Waals surface area (Å²) in [6, 6.07) is 5.23. The molecule has 5 nitrogen and oxygen atoms in total. The molecule has 0 amide bonds. The molecule has 1 aromatic heterocycles. The first-order valence-electron chi connectivity index (χ1n) is 6.59. The highest BCUT2D eigenvalue weighted by Crippen LogP contribution is 2.22. The smallest absolute Gasteiger partial charge is 0.345 e. The zero-order valence-corrected chi connectivity index (χ0v) is 14.0. The number of esters is 1. The maximum Gasteiger partial charge on any atom is 0.345 e. The molecule has 0 atom stereocenters. The molecule has 0 N–H and O–H groups in total. The largest absolute Gasteiger partial charge is 0.462 e. The average Bonchev–Trinajstić information content (AvgIpc) is 2.49. The number of thioether (sulfide) groups is 1. The number of nitrogens with zero attached hydrogens (tertiary/aromatic N) is 2. The Morgan fingerprint density at radius 3 is 2.82 bits per heavy atom. The zero-order chi connectivity index (χ0) is 16.3. The molecule has 0 bridgehead atoms. The summed E-state index contributed by atoms with van der Waals surface area (Å²) in [6.07, 6.45) is 3.06. The highest BCUT2D eigenvalue weighted by atomic mass is 35.5. The van der Waals surface area contributed by atoms with Gasteiger partial charge in [0.25, 0.3) is 5.56 Å². The van der Waals surface area contributed by atoms with Crippen LogP contribution >= 0.6 is 23.4 Å². The highest BCUT2D eigenvalue weighted by Gasteiger charge is 2.19. The Labute approximate surface area is 137 Å². The summed E-state index contributed by atoms with van der Waals surface area (Å²) in [4.78, 5) is 28.8. The second-order valence-electron chi connectivity index (χ2n) is 4.45. The van der Waals surface area contributed by atoms with Crippen LogP contribution in [-0.4, -0.2) is 28.4 Å². The van der Waals surface area contributed by atoms with E-state index in [0.29, 0.717) is 15.9 Å². The molecule has 1 heterocycles. The Hall–Kier alpha value is -1.79. The van der Waals surface area contributed by atoms with Gasteiger partial charge in [0.15, 0.2) is 5.16 Å². The fourth-order valence-corrected chi connectivity index (χ4v) is 2.66. The lowest BCUT2D eigenvalue weighted by Crippen LogP contribution is -2.28. The van der Waals surface area contributed by atoms with E-state index in [2.05, 4.69) is 4.98 Å². The Morgan fingerprint density at radius 2 is 2.18 bits per heavy atom. The molecular formula is C15H15ClN2O3S. The van der Waals surface area contributed by atoms with Crippen LogP contribution in [0.2, 0.25) is 5.02 Å². The van der Waals surface area contributed by atoms with Crippen LogP contribution in [0.25, 0.3) is 5.69 Å². The summed E-state index contributed by atoms with van der Waals surface area (Å²) in [5.74, 6) is -0.680. The van der Waals surface area contributed by atoms with Gasteiger partial charge in [0.2, 0.25) is 0 Å². The number of halogens is 1. The number of carbonyl (C=O) groups excluding carboxylic acids is 1. The zero-order valence-electron chi connectivity index (χ0n) is 12.4. The molecule has 7 heteroatoms. The predicted molar refractivity (Wildman–Crippen MR) is 87.3 cm³/mol. The fraction of sp³-hybridized carbons (Fsp3) is 0.267. The van der Waals surface area contributed by atoms with Crippen LogP contribution in [-0.2, 0) is 4.74 Å². The standard InChI is InChI=1S/C15H15ClN2O3S/c1-4-21-14(20)11-8-17-15(22-3)18(13(11)19)12-7-10(16)6-5-9(12)2/h5-8H,4H2,1-3H3. The minimum Gasteiger partial charge on any atom is -0.462 e. The summed E-state index contributed by atoms with van der Waals surface area (Å²) in [5.41, 5.74) is 0.882. The molecule has 0 saturated carbocycles. The quantitative estimate of drug-likeness (QED) is 0.487. The van der Waals surface area contributed by atoms with Gasteiger partial charge in [-0.2, -0.15) is 0 Å². The van der Waals surface area contributed by atoms with Crippen molar-refractivity contribution in [2.24, 2.45) is 0 Å². The van der Waals surface area contributed by atoms with Crippen LogP contribution in [0.5, 0.6) is 0 Å². The van der Waals surface area contributed by atoms with Crippen molar-refractivity contribution >= 4 is 29.3 Å². The van der Waals surface area contributed by atoms with Crippen LogP contribution in [0.15, 0.2) is 34.3 Å². The van der Waals surface area contributed by atoms with E-state index in [-0.39, 0.29) is 12.2 Å². The lowest BCUT2D eigenvalue weighted by Gasteiger charge is -2.14. The van der Waals surface area contributed by atoms with E-state index < -0.39 is 11.5 Å². The Morgan fingerprint density at radius 1 is 1.45 bits per heavy atom. The van der Waals surface area contributed by atoms with Gasteiger partial charge in [0, 0.05) is 5.02 Å². The molecule has 22 heavy (non-hydrogen) atoms. The normalized spacial score (nSPS) is 10.5. The summed E-state index contributed by atoms with van der Waals surface area (Å²) in [7, 11) is 0. The summed E-state index contributed by atoms with van der Waals surface area (Å²) in [6.45, 7) is 3.74. The van der Waals surface area contributed by atoms with Crippen molar-refractivity contribution in [3.63, 3.8) is 0 Å². The van der Waals surface area contributed by atoms with Crippen molar-refractivity contribution in [3.8, 4) is 5.69 Å². The second-order valence-corrected chi connectivity index (χ2v) is 5.66. The van der Waals surface area contributed by atoms with E-state index in [1.165, 1.54) is 22.5 Å². The molecule has 116 valence electrons. The molecule has 0 aliphatic heterocycles. The monoisotopic (exact) mass is 338 g/mol. The van der Waals surface area contributed by atoms with Gasteiger partial charge in [-0.3, -0.25) is 9.36 Å². The van der Waals surface area contributed by atoms with E-state index >= 15 is 0 Å². The number of rotatable bonds is 4. The SMILES string of the molecule is CCOC(=O)c1cnc(SC)n(-c2cc(Cl)ccc2C)c1=O. The minimum absolute atomic E-state index is 0.0981. The van der Waals surface area contributed by atoms with Crippen LogP contribution in [0.4, 0.5) is 0 Å². The van der Waals surface area contributed by atoms with Crippen molar-refractivity contribution in [1.29, 1.82) is 0 Å². The number of aryl methyl sites for hydroxylation is 1. The lowest BCUT2D eigenvalue weighted by molar-refractivity contribution is 0.0523. The van der Waals surface area contributed by atoms with Gasteiger partial charge >= 0.3 is 5.97 Å². The molecule has 1 aromatic carbocycles. The first-order chi connectivity index (χ1) is 10.5. The Bertz CT molecular complexity index is 774. The molecule has 0 saturated heterocycles. The molecule has 0 radical (unpaired) electrons. The third-order valence-corrected chi connectivity index (χ3v) is 3.91. The number of ether oxygens (including phenoxy) is 1. The topological polar surface area (TPSA) is 61.2 Å². The minimum atomic E-state index is -0.680. The van der Waals surface area contributed by atoms with Crippen LogP contribution in [0.3, 0.4) is 0 Å². The Balaban J connectivity index is 2.73.